The lowest BCUT2D eigenvalue weighted by molar-refractivity contribution is -0.149. The van der Waals surface area contributed by atoms with E-state index in [9.17, 15) is 24.3 Å². The van der Waals surface area contributed by atoms with Gasteiger partial charge in [-0.05, 0) is 25.3 Å². The molecule has 0 aromatic carbocycles. The number of aromatic nitrogens is 1. The van der Waals surface area contributed by atoms with Crippen LogP contribution in [0.4, 0.5) is 0 Å². The number of carbonyl (C=O) groups is 4. The zero-order chi connectivity index (χ0) is 27.8. The Labute approximate surface area is 222 Å². The molecule has 2 bridgehead atoms. The van der Waals surface area contributed by atoms with Gasteiger partial charge in [-0.1, -0.05) is 56.7 Å². The number of fused-ring (bicyclic) bond motifs is 3. The van der Waals surface area contributed by atoms with Gasteiger partial charge in [-0.15, -0.1) is 0 Å². The molecule has 10 heteroatoms. The molecular formula is C28H35N3O7. The van der Waals surface area contributed by atoms with E-state index in [1.807, 2.05) is 20.8 Å². The van der Waals surface area contributed by atoms with Gasteiger partial charge in [0.05, 0.1) is 12.5 Å². The SMILES string of the molecule is CC1=C\[C@H](O)CC(=O)Cc2nc(co2)C(=O)N2CCC=C2C(=O)O[C@@H](C(C)C)[C@@H](C)/C=C/C(=O)NC\C=C\1. The molecule has 0 fully saturated rings. The largest absolute Gasteiger partial charge is 0.457 e. The van der Waals surface area contributed by atoms with E-state index in [4.69, 9.17) is 9.15 Å². The predicted molar refractivity (Wildman–Crippen MR) is 139 cm³/mol. The van der Waals surface area contributed by atoms with Crippen LogP contribution in [-0.2, 0) is 25.5 Å². The van der Waals surface area contributed by atoms with E-state index in [1.165, 1.54) is 11.0 Å². The summed E-state index contributed by atoms with van der Waals surface area (Å²) < 4.78 is 11.1. The zero-order valence-electron chi connectivity index (χ0n) is 22.2. The number of rotatable bonds is 1. The van der Waals surface area contributed by atoms with Gasteiger partial charge in [0.25, 0.3) is 5.91 Å². The molecule has 38 heavy (non-hydrogen) atoms. The smallest absolute Gasteiger partial charge is 0.355 e. The van der Waals surface area contributed by atoms with E-state index in [0.29, 0.717) is 6.42 Å². The first-order valence-electron chi connectivity index (χ1n) is 12.7. The highest BCUT2D eigenvalue weighted by atomic mass is 16.5. The van der Waals surface area contributed by atoms with Crippen LogP contribution in [0, 0.1) is 11.8 Å². The molecular weight excluding hydrogens is 490 g/mol. The number of carbonyl (C=O) groups excluding carboxylic acids is 4. The zero-order valence-corrected chi connectivity index (χ0v) is 22.2. The molecule has 2 N–H and O–H groups in total. The van der Waals surface area contributed by atoms with E-state index in [-0.39, 0.29) is 66.7 Å². The average Bonchev–Trinajstić information content (AvgIpc) is 3.52. The first kappa shape index (κ1) is 28.8. The fourth-order valence-electron chi connectivity index (χ4n) is 4.33. The third kappa shape index (κ3) is 7.85. The standard InChI is InChI=1S/C28H35N3O7/c1-17(2)26-19(4)9-10-24(34)29-11-5-7-18(3)13-20(32)14-21(33)15-25-30-22(16-37-25)27(35)31-12-6-8-23(31)28(36)38-26/h5,7-10,13,16-17,19-20,26,32H,6,11-12,14-15H2,1-4H3,(H,29,34)/b7-5+,10-9+,18-13+/t19-,20-,26-/m0/s1. The number of hydrogen-bond acceptors (Lipinski definition) is 8. The van der Waals surface area contributed by atoms with E-state index < -0.39 is 24.1 Å². The lowest BCUT2D eigenvalue weighted by atomic mass is 9.94. The number of allylic oxidation sites excluding steroid dienone is 2. The van der Waals surface area contributed by atoms with Gasteiger partial charge in [0.15, 0.2) is 5.69 Å². The molecule has 2 aliphatic rings. The third-order valence-electron chi connectivity index (χ3n) is 6.19. The highest BCUT2D eigenvalue weighted by Crippen LogP contribution is 2.24. The van der Waals surface area contributed by atoms with Crippen molar-refractivity contribution in [3.05, 3.63) is 65.6 Å². The first-order chi connectivity index (χ1) is 18.0. The van der Waals surface area contributed by atoms with Crippen LogP contribution < -0.4 is 5.32 Å². The van der Waals surface area contributed by atoms with Gasteiger partial charge < -0.3 is 24.5 Å². The van der Waals surface area contributed by atoms with E-state index >= 15 is 0 Å². The molecule has 2 amide bonds. The Morgan fingerprint density at radius 1 is 1.18 bits per heavy atom. The van der Waals surface area contributed by atoms with Gasteiger partial charge in [-0.2, -0.15) is 0 Å². The maximum absolute atomic E-state index is 13.1. The summed E-state index contributed by atoms with van der Waals surface area (Å²) in [5.74, 6) is -2.07. The van der Waals surface area contributed by atoms with Gasteiger partial charge in [0.2, 0.25) is 11.8 Å². The van der Waals surface area contributed by atoms with Crippen molar-refractivity contribution in [1.29, 1.82) is 0 Å². The maximum Gasteiger partial charge on any atom is 0.355 e. The van der Waals surface area contributed by atoms with Gasteiger partial charge in [-0.3, -0.25) is 14.4 Å². The second-order valence-corrected chi connectivity index (χ2v) is 9.84. The van der Waals surface area contributed by atoms with Crippen LogP contribution >= 0.6 is 0 Å². The first-order valence-corrected chi connectivity index (χ1v) is 12.7. The molecule has 204 valence electrons. The van der Waals surface area contributed by atoms with Crippen LogP contribution in [0.2, 0.25) is 0 Å². The molecule has 1 aromatic rings. The Bertz CT molecular complexity index is 1170. The molecule has 0 saturated carbocycles. The number of cyclic esters (lactones) is 1. The number of oxazole rings is 1. The van der Waals surface area contributed by atoms with Crippen LogP contribution in [-0.4, -0.2) is 63.9 Å². The van der Waals surface area contributed by atoms with E-state index in [0.717, 1.165) is 11.8 Å². The summed E-state index contributed by atoms with van der Waals surface area (Å²) in [7, 11) is 0. The molecule has 3 rings (SSSR count). The Morgan fingerprint density at radius 2 is 1.95 bits per heavy atom. The summed E-state index contributed by atoms with van der Waals surface area (Å²) in [5.41, 5.74) is 0.809. The quantitative estimate of drug-likeness (QED) is 0.534. The third-order valence-corrected chi connectivity index (χ3v) is 6.19. The minimum atomic E-state index is -1.01. The fraction of sp³-hybridized carbons (Fsp3) is 0.464. The Hall–Kier alpha value is -3.79. The molecule has 0 radical (unpaired) electrons. The highest BCUT2D eigenvalue weighted by molar-refractivity contribution is 6.00. The van der Waals surface area contributed by atoms with Crippen molar-refractivity contribution in [2.75, 3.05) is 13.1 Å². The Kier molecular flexibility index (Phi) is 9.95. The van der Waals surface area contributed by atoms with Crippen LogP contribution in [0.1, 0.15) is 56.9 Å². The number of aliphatic hydroxyl groups is 1. The summed E-state index contributed by atoms with van der Waals surface area (Å²) in [6, 6.07) is 0. The van der Waals surface area contributed by atoms with Gasteiger partial charge in [0, 0.05) is 25.4 Å². The van der Waals surface area contributed by atoms with Gasteiger partial charge >= 0.3 is 5.97 Å². The summed E-state index contributed by atoms with van der Waals surface area (Å²) in [5, 5.41) is 13.0. The van der Waals surface area contributed by atoms with Crippen molar-refractivity contribution in [2.45, 2.75) is 59.2 Å². The van der Waals surface area contributed by atoms with Crippen LogP contribution in [0.15, 0.2) is 58.4 Å². The number of esters is 1. The molecule has 10 nitrogen and oxygen atoms in total. The van der Waals surface area contributed by atoms with Gasteiger partial charge in [0.1, 0.15) is 23.8 Å². The molecule has 3 heterocycles. The maximum atomic E-state index is 13.1. The highest BCUT2D eigenvalue weighted by Gasteiger charge is 2.33. The number of ketones is 1. The lowest BCUT2D eigenvalue weighted by Gasteiger charge is -2.27. The number of aliphatic hydroxyl groups excluding tert-OH is 1. The lowest BCUT2D eigenvalue weighted by Crippen LogP contribution is -2.36. The summed E-state index contributed by atoms with van der Waals surface area (Å²) in [6.45, 7) is 8.00. The predicted octanol–water partition coefficient (Wildman–Crippen LogP) is 2.66. The monoisotopic (exact) mass is 525 g/mol. The van der Waals surface area contributed by atoms with Crippen molar-refractivity contribution in [3.63, 3.8) is 0 Å². The van der Waals surface area contributed by atoms with Crippen molar-refractivity contribution in [2.24, 2.45) is 11.8 Å². The number of nitrogens with zero attached hydrogens (tertiary/aromatic N) is 2. The second-order valence-electron chi connectivity index (χ2n) is 9.84. The normalized spacial score (nSPS) is 27.6. The Morgan fingerprint density at radius 3 is 2.68 bits per heavy atom. The summed E-state index contributed by atoms with van der Waals surface area (Å²) in [4.78, 5) is 56.3. The molecule has 0 saturated heterocycles. The minimum absolute atomic E-state index is 0.0315. The molecule has 3 atom stereocenters. The second kappa shape index (κ2) is 13.1. The molecule has 0 unspecified atom stereocenters. The number of Topliss-reactive ketones (excluding diaryl/α,β-unsaturated/α-hetero) is 1. The molecule has 2 aliphatic heterocycles. The van der Waals surface area contributed by atoms with Gasteiger partial charge in [-0.25, -0.2) is 9.78 Å². The van der Waals surface area contributed by atoms with E-state index in [2.05, 4.69) is 10.3 Å². The number of amides is 2. The fourth-order valence-corrected chi connectivity index (χ4v) is 4.33. The Balaban J connectivity index is 1.86. The minimum Gasteiger partial charge on any atom is -0.457 e. The van der Waals surface area contributed by atoms with Crippen molar-refractivity contribution in [3.8, 4) is 0 Å². The number of ether oxygens (including phenoxy) is 1. The molecule has 0 aliphatic carbocycles. The number of nitrogens with one attached hydrogen (secondary N) is 1. The van der Waals surface area contributed by atoms with Crippen LogP contribution in [0.25, 0.3) is 0 Å². The van der Waals surface area contributed by atoms with Crippen LogP contribution in [0.3, 0.4) is 0 Å². The summed E-state index contributed by atoms with van der Waals surface area (Å²) >= 11 is 0. The number of hydrogen-bond donors (Lipinski definition) is 2. The topological polar surface area (TPSA) is 139 Å². The van der Waals surface area contributed by atoms with E-state index in [1.54, 1.807) is 37.3 Å². The van der Waals surface area contributed by atoms with Crippen LogP contribution in [0.5, 0.6) is 0 Å². The average molecular weight is 526 g/mol. The van der Waals surface area contributed by atoms with Crippen molar-refractivity contribution < 1.29 is 33.4 Å². The summed E-state index contributed by atoms with van der Waals surface area (Å²) in [6.07, 6.45) is 9.48. The molecule has 1 aromatic heterocycles. The molecule has 0 spiro atoms. The van der Waals surface area contributed by atoms with Crippen molar-refractivity contribution >= 4 is 23.6 Å². The van der Waals surface area contributed by atoms with Crippen molar-refractivity contribution in [1.82, 2.24) is 15.2 Å².